The van der Waals surface area contributed by atoms with Gasteiger partial charge in [0, 0.05) is 49.9 Å². The number of nitrogens with zero attached hydrogens (tertiary/aromatic N) is 2. The molecule has 0 saturated heterocycles. The van der Waals surface area contributed by atoms with E-state index in [9.17, 15) is 0 Å². The summed E-state index contributed by atoms with van der Waals surface area (Å²) < 4.78 is 5.76. The number of rotatable bonds is 9. The second-order valence-electron chi connectivity index (χ2n) is 7.20. The largest absolute Gasteiger partial charge is 0.379 e. The molecule has 1 fully saturated rings. The van der Waals surface area contributed by atoms with Crippen LogP contribution in [-0.4, -0.2) is 55.7 Å². The number of ether oxygens (including phenoxy) is 1. The van der Waals surface area contributed by atoms with Crippen LogP contribution in [0, 0.1) is 12.8 Å². The minimum atomic E-state index is 0. The molecule has 2 aromatic rings. The Labute approximate surface area is 180 Å². The number of halogens is 1. The number of hydrogen-bond acceptors (Lipinski definition) is 2. The van der Waals surface area contributed by atoms with Crippen molar-refractivity contribution in [3.8, 4) is 0 Å². The first kappa shape index (κ1) is 22.0. The van der Waals surface area contributed by atoms with E-state index in [-0.39, 0.29) is 24.0 Å². The van der Waals surface area contributed by atoms with E-state index < -0.39 is 0 Å². The van der Waals surface area contributed by atoms with E-state index in [2.05, 4.69) is 60.4 Å². The number of guanidine groups is 1. The van der Waals surface area contributed by atoms with Gasteiger partial charge < -0.3 is 19.9 Å². The second-order valence-corrected chi connectivity index (χ2v) is 7.20. The van der Waals surface area contributed by atoms with Crippen molar-refractivity contribution in [2.45, 2.75) is 33.1 Å². The van der Waals surface area contributed by atoms with Gasteiger partial charge in [-0.05, 0) is 50.7 Å². The summed E-state index contributed by atoms with van der Waals surface area (Å²) in [5.41, 5.74) is 3.82. The Balaban J connectivity index is 0.00000261. The molecule has 0 radical (unpaired) electrons. The van der Waals surface area contributed by atoms with Crippen LogP contribution in [0.5, 0.6) is 0 Å². The fraction of sp³-hybridized carbons (Fsp3) is 0.571. The molecule has 5 nitrogen and oxygen atoms in total. The van der Waals surface area contributed by atoms with Gasteiger partial charge in [-0.15, -0.1) is 24.0 Å². The molecule has 1 heterocycles. The molecule has 1 aromatic carbocycles. The first-order chi connectivity index (χ1) is 12.7. The molecule has 0 amide bonds. The molecule has 1 aliphatic carbocycles. The molecule has 27 heavy (non-hydrogen) atoms. The van der Waals surface area contributed by atoms with Crippen molar-refractivity contribution in [1.82, 2.24) is 15.2 Å². The van der Waals surface area contributed by atoms with Gasteiger partial charge in [-0.1, -0.05) is 18.2 Å². The summed E-state index contributed by atoms with van der Waals surface area (Å²) in [6.07, 6.45) is 3.62. The summed E-state index contributed by atoms with van der Waals surface area (Å²) >= 11 is 0. The topological polar surface area (TPSA) is 52.7 Å². The fourth-order valence-electron chi connectivity index (χ4n) is 3.24. The standard InChI is InChI=1S/C21H32N4O.HI/c1-4-22-21(25(3)13-14-26-15-17-9-10-17)23-12-11-18-16(2)24-20-8-6-5-7-19(18)20;/h5-8,17,24H,4,9-15H2,1-3H3,(H,22,23);1H. The molecule has 1 saturated carbocycles. The molecule has 0 bridgehead atoms. The Bertz CT molecular complexity index is 739. The minimum absolute atomic E-state index is 0. The molecule has 1 aromatic heterocycles. The van der Waals surface area contributed by atoms with Gasteiger partial charge in [0.15, 0.2) is 5.96 Å². The molecule has 6 heteroatoms. The van der Waals surface area contributed by atoms with Gasteiger partial charge in [-0.3, -0.25) is 4.99 Å². The summed E-state index contributed by atoms with van der Waals surface area (Å²) in [4.78, 5) is 10.5. The van der Waals surface area contributed by atoms with E-state index in [1.807, 2.05) is 0 Å². The van der Waals surface area contributed by atoms with Crippen LogP contribution in [0.3, 0.4) is 0 Å². The quantitative estimate of drug-likeness (QED) is 0.245. The molecule has 150 valence electrons. The molecular formula is C21H33IN4O. The highest BCUT2D eigenvalue weighted by atomic mass is 127. The van der Waals surface area contributed by atoms with Crippen molar-refractivity contribution in [3.63, 3.8) is 0 Å². The van der Waals surface area contributed by atoms with Gasteiger partial charge in [-0.25, -0.2) is 0 Å². The number of aromatic nitrogens is 1. The Morgan fingerprint density at radius 3 is 2.85 bits per heavy atom. The van der Waals surface area contributed by atoms with Crippen molar-refractivity contribution < 1.29 is 4.74 Å². The number of H-pyrrole nitrogens is 1. The number of hydrogen-bond donors (Lipinski definition) is 2. The summed E-state index contributed by atoms with van der Waals surface area (Å²) in [7, 11) is 2.08. The van der Waals surface area contributed by atoms with E-state index in [0.717, 1.165) is 51.1 Å². The van der Waals surface area contributed by atoms with Gasteiger partial charge in [-0.2, -0.15) is 0 Å². The zero-order valence-electron chi connectivity index (χ0n) is 16.8. The molecule has 0 atom stereocenters. The minimum Gasteiger partial charge on any atom is -0.379 e. The van der Waals surface area contributed by atoms with Gasteiger partial charge >= 0.3 is 0 Å². The third kappa shape index (κ3) is 6.38. The normalized spacial score (nSPS) is 14.3. The van der Waals surface area contributed by atoms with Crippen LogP contribution in [0.1, 0.15) is 31.0 Å². The van der Waals surface area contributed by atoms with Crippen LogP contribution in [0.15, 0.2) is 29.3 Å². The zero-order valence-corrected chi connectivity index (χ0v) is 19.1. The SMILES string of the molecule is CCNC(=NCCc1c(C)[nH]c2ccccc12)N(C)CCOCC1CC1.I. The molecule has 2 N–H and O–H groups in total. The maximum absolute atomic E-state index is 5.76. The Kier molecular flexibility index (Phi) is 8.89. The highest BCUT2D eigenvalue weighted by molar-refractivity contribution is 14.0. The van der Waals surface area contributed by atoms with Gasteiger partial charge in [0.25, 0.3) is 0 Å². The van der Waals surface area contributed by atoms with Crippen molar-refractivity contribution in [3.05, 3.63) is 35.5 Å². The number of benzene rings is 1. The van der Waals surface area contributed by atoms with E-state index >= 15 is 0 Å². The maximum Gasteiger partial charge on any atom is 0.193 e. The molecule has 0 unspecified atom stereocenters. The number of likely N-dealkylation sites (N-methyl/N-ethyl adjacent to an activating group) is 1. The third-order valence-electron chi connectivity index (χ3n) is 4.97. The molecule has 1 aliphatic rings. The Morgan fingerprint density at radius 1 is 1.33 bits per heavy atom. The van der Waals surface area contributed by atoms with Crippen LogP contribution in [0.4, 0.5) is 0 Å². The summed E-state index contributed by atoms with van der Waals surface area (Å²) in [5.74, 6) is 1.78. The van der Waals surface area contributed by atoms with Crippen LogP contribution in [0.25, 0.3) is 10.9 Å². The van der Waals surface area contributed by atoms with Crippen molar-refractivity contribution in [1.29, 1.82) is 0 Å². The lowest BCUT2D eigenvalue weighted by Crippen LogP contribution is -2.40. The lowest BCUT2D eigenvalue weighted by molar-refractivity contribution is 0.115. The second kappa shape index (κ2) is 10.9. The number of para-hydroxylation sites is 1. The lowest BCUT2D eigenvalue weighted by Gasteiger charge is -2.22. The molecule has 3 rings (SSSR count). The Hall–Kier alpha value is -1.28. The average molecular weight is 484 g/mol. The lowest BCUT2D eigenvalue weighted by atomic mass is 10.1. The van der Waals surface area contributed by atoms with Gasteiger partial charge in [0.05, 0.1) is 6.61 Å². The summed E-state index contributed by atoms with van der Waals surface area (Å²) in [6.45, 7) is 8.45. The molecular weight excluding hydrogens is 451 g/mol. The summed E-state index contributed by atoms with van der Waals surface area (Å²) in [6, 6.07) is 8.49. The number of aliphatic imine (C=N–C) groups is 1. The summed E-state index contributed by atoms with van der Waals surface area (Å²) in [5, 5.41) is 4.70. The zero-order chi connectivity index (χ0) is 18.4. The van der Waals surface area contributed by atoms with E-state index in [1.54, 1.807) is 0 Å². The smallest absolute Gasteiger partial charge is 0.193 e. The van der Waals surface area contributed by atoms with Crippen LogP contribution >= 0.6 is 24.0 Å². The van der Waals surface area contributed by atoms with Crippen LogP contribution < -0.4 is 5.32 Å². The van der Waals surface area contributed by atoms with E-state index in [1.165, 1.54) is 35.0 Å². The first-order valence-electron chi connectivity index (χ1n) is 9.82. The predicted molar refractivity (Wildman–Crippen MR) is 124 cm³/mol. The third-order valence-corrected chi connectivity index (χ3v) is 4.97. The number of aryl methyl sites for hydroxylation is 1. The average Bonchev–Trinajstić information content (AvgIpc) is 3.41. The van der Waals surface area contributed by atoms with Crippen molar-refractivity contribution in [2.24, 2.45) is 10.9 Å². The number of nitrogens with one attached hydrogen (secondary N) is 2. The monoisotopic (exact) mass is 484 g/mol. The highest BCUT2D eigenvalue weighted by Gasteiger charge is 2.21. The van der Waals surface area contributed by atoms with Crippen molar-refractivity contribution >= 4 is 40.8 Å². The molecule has 0 aliphatic heterocycles. The highest BCUT2D eigenvalue weighted by Crippen LogP contribution is 2.28. The number of aromatic amines is 1. The number of fused-ring (bicyclic) bond motifs is 1. The van der Waals surface area contributed by atoms with Crippen LogP contribution in [0.2, 0.25) is 0 Å². The Morgan fingerprint density at radius 2 is 2.11 bits per heavy atom. The fourth-order valence-corrected chi connectivity index (χ4v) is 3.24. The van der Waals surface area contributed by atoms with Gasteiger partial charge in [0.1, 0.15) is 0 Å². The van der Waals surface area contributed by atoms with E-state index in [4.69, 9.17) is 9.73 Å². The maximum atomic E-state index is 5.76. The van der Waals surface area contributed by atoms with E-state index in [0.29, 0.717) is 0 Å². The predicted octanol–water partition coefficient (Wildman–Crippen LogP) is 3.96. The first-order valence-corrected chi connectivity index (χ1v) is 9.82. The van der Waals surface area contributed by atoms with Crippen molar-refractivity contribution in [2.75, 3.05) is 39.9 Å². The van der Waals surface area contributed by atoms with Crippen LogP contribution in [-0.2, 0) is 11.2 Å². The molecule has 0 spiro atoms. The van der Waals surface area contributed by atoms with Gasteiger partial charge in [0.2, 0.25) is 0 Å².